The summed E-state index contributed by atoms with van der Waals surface area (Å²) in [5.41, 5.74) is 2.48. The summed E-state index contributed by atoms with van der Waals surface area (Å²) in [5.74, 6) is 0.665. The molecule has 0 atom stereocenters. The molecule has 3 aromatic rings. The molecule has 2 aromatic carbocycles. The van der Waals surface area contributed by atoms with Crippen LogP contribution in [0.4, 0.5) is 5.69 Å². The number of amides is 1. The van der Waals surface area contributed by atoms with Gasteiger partial charge < -0.3 is 9.64 Å². The number of carbonyl (C=O) groups is 1. The molecule has 0 unspecified atom stereocenters. The maximum atomic E-state index is 12.5. The average molecular weight is 318 g/mol. The highest BCUT2D eigenvalue weighted by Crippen LogP contribution is 2.18. The molecule has 1 amide bonds. The second-order valence-electron chi connectivity index (χ2n) is 5.37. The van der Waals surface area contributed by atoms with Crippen LogP contribution in [0.2, 0.25) is 0 Å². The third-order valence-electron chi connectivity index (χ3n) is 3.68. The first-order valence-corrected chi connectivity index (χ1v) is 7.69. The molecule has 0 saturated carbocycles. The monoisotopic (exact) mass is 318 g/mol. The van der Waals surface area contributed by atoms with Gasteiger partial charge in [-0.15, -0.1) is 0 Å². The lowest BCUT2D eigenvalue weighted by Crippen LogP contribution is -2.25. The van der Waals surface area contributed by atoms with E-state index in [-0.39, 0.29) is 5.91 Å². The Kier molecular flexibility index (Phi) is 4.87. The van der Waals surface area contributed by atoms with E-state index in [2.05, 4.69) is 4.98 Å². The fourth-order valence-electron chi connectivity index (χ4n) is 2.31. The van der Waals surface area contributed by atoms with Gasteiger partial charge in [-0.3, -0.25) is 9.78 Å². The van der Waals surface area contributed by atoms with Crippen molar-refractivity contribution in [1.29, 1.82) is 0 Å². The van der Waals surface area contributed by atoms with E-state index in [0.717, 1.165) is 17.0 Å². The van der Waals surface area contributed by atoms with Gasteiger partial charge in [-0.25, -0.2) is 0 Å². The molecular weight excluding hydrogens is 300 g/mol. The number of hydrogen-bond acceptors (Lipinski definition) is 3. The Morgan fingerprint density at radius 3 is 2.42 bits per heavy atom. The lowest BCUT2D eigenvalue weighted by Gasteiger charge is -2.17. The van der Waals surface area contributed by atoms with E-state index in [1.54, 1.807) is 36.5 Å². The summed E-state index contributed by atoms with van der Waals surface area (Å²) < 4.78 is 5.71. The van der Waals surface area contributed by atoms with Crippen LogP contribution in [0.5, 0.6) is 5.75 Å². The smallest absolute Gasteiger partial charge is 0.258 e. The molecule has 0 fully saturated rings. The molecule has 0 N–H and O–H groups in total. The number of nitrogens with zero attached hydrogens (tertiary/aromatic N) is 2. The molecular formula is C20H18N2O2. The van der Waals surface area contributed by atoms with Crippen LogP contribution in [-0.2, 0) is 6.61 Å². The SMILES string of the molecule is CN(C(=O)c1ccc(OCc2cccnc2)cc1)c1ccccc1. The molecule has 4 heteroatoms. The number of para-hydroxylation sites is 1. The average Bonchev–Trinajstić information content (AvgIpc) is 2.67. The number of ether oxygens (including phenoxy) is 1. The van der Waals surface area contributed by atoms with Gasteiger partial charge in [0.1, 0.15) is 12.4 Å². The number of carbonyl (C=O) groups excluding carboxylic acids is 1. The summed E-state index contributed by atoms with van der Waals surface area (Å²) >= 11 is 0. The van der Waals surface area contributed by atoms with Crippen molar-refractivity contribution in [3.63, 3.8) is 0 Å². The quantitative estimate of drug-likeness (QED) is 0.715. The maximum Gasteiger partial charge on any atom is 0.258 e. The molecule has 120 valence electrons. The lowest BCUT2D eigenvalue weighted by atomic mass is 10.2. The highest BCUT2D eigenvalue weighted by atomic mass is 16.5. The molecule has 4 nitrogen and oxygen atoms in total. The predicted octanol–water partition coefficient (Wildman–Crippen LogP) is 3.94. The van der Waals surface area contributed by atoms with Crippen LogP contribution in [0.15, 0.2) is 79.1 Å². The summed E-state index contributed by atoms with van der Waals surface area (Å²) in [5, 5.41) is 0. The van der Waals surface area contributed by atoms with Crippen molar-refractivity contribution in [3.8, 4) is 5.75 Å². The van der Waals surface area contributed by atoms with E-state index >= 15 is 0 Å². The molecule has 0 radical (unpaired) electrons. The molecule has 1 heterocycles. The standard InChI is InChI=1S/C20H18N2O2/c1-22(18-7-3-2-4-8-18)20(23)17-9-11-19(12-10-17)24-15-16-6-5-13-21-14-16/h2-14H,15H2,1H3. The van der Waals surface area contributed by atoms with Crippen LogP contribution in [0, 0.1) is 0 Å². The van der Waals surface area contributed by atoms with E-state index in [1.165, 1.54) is 0 Å². The van der Waals surface area contributed by atoms with Gasteiger partial charge in [0.05, 0.1) is 0 Å². The normalized spacial score (nSPS) is 10.2. The van der Waals surface area contributed by atoms with Crippen molar-refractivity contribution in [3.05, 3.63) is 90.3 Å². The fraction of sp³-hybridized carbons (Fsp3) is 0.100. The van der Waals surface area contributed by atoms with Crippen molar-refractivity contribution in [1.82, 2.24) is 4.98 Å². The second-order valence-corrected chi connectivity index (χ2v) is 5.37. The molecule has 3 rings (SSSR count). The van der Waals surface area contributed by atoms with E-state index in [0.29, 0.717) is 12.2 Å². The van der Waals surface area contributed by atoms with Gasteiger partial charge in [-0.2, -0.15) is 0 Å². The van der Waals surface area contributed by atoms with E-state index in [4.69, 9.17) is 4.74 Å². The van der Waals surface area contributed by atoms with Gasteiger partial charge in [0.15, 0.2) is 0 Å². The predicted molar refractivity (Wildman–Crippen MR) is 94.2 cm³/mol. The first-order chi connectivity index (χ1) is 11.7. The minimum absolute atomic E-state index is 0.0555. The highest BCUT2D eigenvalue weighted by Gasteiger charge is 2.13. The van der Waals surface area contributed by atoms with Crippen molar-refractivity contribution < 1.29 is 9.53 Å². The Labute approximate surface area is 141 Å². The van der Waals surface area contributed by atoms with E-state index < -0.39 is 0 Å². The minimum atomic E-state index is -0.0555. The molecule has 0 saturated heterocycles. The van der Waals surface area contributed by atoms with E-state index in [9.17, 15) is 4.79 Å². The van der Waals surface area contributed by atoms with Crippen LogP contribution in [-0.4, -0.2) is 17.9 Å². The van der Waals surface area contributed by atoms with Crippen LogP contribution >= 0.6 is 0 Å². The number of pyridine rings is 1. The van der Waals surface area contributed by atoms with Crippen LogP contribution in [0.1, 0.15) is 15.9 Å². The third-order valence-corrected chi connectivity index (χ3v) is 3.68. The zero-order chi connectivity index (χ0) is 16.8. The first-order valence-electron chi connectivity index (χ1n) is 7.69. The number of anilines is 1. The van der Waals surface area contributed by atoms with Crippen molar-refractivity contribution >= 4 is 11.6 Å². The Hall–Kier alpha value is -3.14. The van der Waals surface area contributed by atoms with Gasteiger partial charge in [0, 0.05) is 36.3 Å². The summed E-state index contributed by atoms with van der Waals surface area (Å²) in [6.45, 7) is 0.449. The Morgan fingerprint density at radius 2 is 1.75 bits per heavy atom. The van der Waals surface area contributed by atoms with Gasteiger partial charge >= 0.3 is 0 Å². The largest absolute Gasteiger partial charge is 0.489 e. The van der Waals surface area contributed by atoms with Crippen LogP contribution < -0.4 is 9.64 Å². The second kappa shape index (κ2) is 7.42. The Balaban J connectivity index is 1.64. The molecule has 0 aliphatic rings. The zero-order valence-electron chi connectivity index (χ0n) is 13.4. The lowest BCUT2D eigenvalue weighted by molar-refractivity contribution is 0.0993. The molecule has 0 aliphatic heterocycles. The Morgan fingerprint density at radius 1 is 1.00 bits per heavy atom. The van der Waals surface area contributed by atoms with Gasteiger partial charge in [0.25, 0.3) is 5.91 Å². The molecule has 24 heavy (non-hydrogen) atoms. The minimum Gasteiger partial charge on any atom is -0.489 e. The molecule has 0 bridgehead atoms. The topological polar surface area (TPSA) is 42.4 Å². The fourth-order valence-corrected chi connectivity index (χ4v) is 2.31. The number of benzene rings is 2. The highest BCUT2D eigenvalue weighted by molar-refractivity contribution is 6.05. The first kappa shape index (κ1) is 15.7. The number of aromatic nitrogens is 1. The third kappa shape index (κ3) is 3.79. The van der Waals surface area contributed by atoms with Crippen molar-refractivity contribution in [2.75, 3.05) is 11.9 Å². The molecule has 0 aliphatic carbocycles. The molecule has 1 aromatic heterocycles. The summed E-state index contributed by atoms with van der Waals surface area (Å²) in [6, 6.07) is 20.6. The summed E-state index contributed by atoms with van der Waals surface area (Å²) in [4.78, 5) is 18.2. The van der Waals surface area contributed by atoms with Gasteiger partial charge in [0.2, 0.25) is 0 Å². The Bertz CT molecular complexity index is 787. The van der Waals surface area contributed by atoms with Gasteiger partial charge in [-0.1, -0.05) is 24.3 Å². The van der Waals surface area contributed by atoms with Crippen LogP contribution in [0.3, 0.4) is 0 Å². The van der Waals surface area contributed by atoms with E-state index in [1.807, 2.05) is 54.6 Å². The number of hydrogen-bond donors (Lipinski definition) is 0. The number of rotatable bonds is 5. The zero-order valence-corrected chi connectivity index (χ0v) is 13.4. The maximum absolute atomic E-state index is 12.5. The van der Waals surface area contributed by atoms with Crippen LogP contribution in [0.25, 0.3) is 0 Å². The summed E-state index contributed by atoms with van der Waals surface area (Å²) in [7, 11) is 1.77. The van der Waals surface area contributed by atoms with Crippen molar-refractivity contribution in [2.24, 2.45) is 0 Å². The molecule has 0 spiro atoms. The van der Waals surface area contributed by atoms with Crippen molar-refractivity contribution in [2.45, 2.75) is 6.61 Å². The van der Waals surface area contributed by atoms with Gasteiger partial charge in [-0.05, 0) is 42.5 Å². The summed E-state index contributed by atoms with van der Waals surface area (Å²) in [6.07, 6.45) is 3.50.